The summed E-state index contributed by atoms with van der Waals surface area (Å²) in [5.41, 5.74) is 2.02. The molecule has 0 aliphatic heterocycles. The molecule has 0 bridgehead atoms. The molecule has 0 amide bonds. The molecule has 0 aliphatic carbocycles. The molecule has 0 spiro atoms. The highest BCUT2D eigenvalue weighted by molar-refractivity contribution is 9.10. The van der Waals surface area contributed by atoms with Crippen LogP contribution in [-0.4, -0.2) is 14.2 Å². The zero-order chi connectivity index (χ0) is 13.1. The molecule has 0 atom stereocenters. The van der Waals surface area contributed by atoms with Crippen molar-refractivity contribution < 1.29 is 22.7 Å². The van der Waals surface area contributed by atoms with Gasteiger partial charge < -0.3 is 9.57 Å². The number of hydrogen-bond donors (Lipinski definition) is 1. The molecule has 0 unspecified atom stereocenters. The minimum atomic E-state index is -4.46. The summed E-state index contributed by atoms with van der Waals surface area (Å²) in [4.78, 5) is 4.61. The maximum atomic E-state index is 12.8. The van der Waals surface area contributed by atoms with E-state index < -0.39 is 11.7 Å². The van der Waals surface area contributed by atoms with Crippen molar-refractivity contribution in [2.75, 3.05) is 14.2 Å². The summed E-state index contributed by atoms with van der Waals surface area (Å²) in [6.07, 6.45) is -4.46. The first-order valence-electron chi connectivity index (χ1n) is 4.59. The van der Waals surface area contributed by atoms with Gasteiger partial charge in [-0.1, -0.05) is 15.9 Å². The van der Waals surface area contributed by atoms with E-state index in [4.69, 9.17) is 4.74 Å². The number of ether oxygens (including phenoxy) is 1. The molecule has 0 saturated carbocycles. The number of hydrogen-bond acceptors (Lipinski definition) is 3. The molecule has 0 aliphatic rings. The highest BCUT2D eigenvalue weighted by atomic mass is 79.9. The minimum Gasteiger partial charge on any atom is -0.496 e. The van der Waals surface area contributed by atoms with Crippen LogP contribution in [0.4, 0.5) is 13.2 Å². The van der Waals surface area contributed by atoms with Crippen LogP contribution in [0.1, 0.15) is 11.1 Å². The van der Waals surface area contributed by atoms with Gasteiger partial charge in [0, 0.05) is 16.6 Å². The van der Waals surface area contributed by atoms with Crippen LogP contribution >= 0.6 is 15.9 Å². The average Bonchev–Trinajstić information content (AvgIpc) is 2.24. The molecule has 3 nitrogen and oxygen atoms in total. The van der Waals surface area contributed by atoms with Crippen molar-refractivity contribution in [3.05, 3.63) is 27.7 Å². The van der Waals surface area contributed by atoms with Crippen LogP contribution in [0.15, 0.2) is 16.6 Å². The fourth-order valence-corrected chi connectivity index (χ4v) is 1.89. The van der Waals surface area contributed by atoms with Gasteiger partial charge in [-0.05, 0) is 12.1 Å². The fraction of sp³-hybridized carbons (Fsp3) is 0.400. The second-order valence-corrected chi connectivity index (χ2v) is 4.08. The first kappa shape index (κ1) is 14.3. The van der Waals surface area contributed by atoms with Gasteiger partial charge in [-0.25, -0.2) is 0 Å². The molecule has 17 heavy (non-hydrogen) atoms. The van der Waals surface area contributed by atoms with Crippen LogP contribution < -0.4 is 10.2 Å². The van der Waals surface area contributed by atoms with Crippen LogP contribution in [0.5, 0.6) is 5.75 Å². The van der Waals surface area contributed by atoms with Crippen molar-refractivity contribution in [2.24, 2.45) is 0 Å². The van der Waals surface area contributed by atoms with E-state index >= 15 is 0 Å². The lowest BCUT2D eigenvalue weighted by Gasteiger charge is -2.16. The number of hydroxylamine groups is 1. The Bertz CT molecular complexity index is 396. The molecule has 0 fully saturated rings. The van der Waals surface area contributed by atoms with Crippen molar-refractivity contribution in [3.8, 4) is 5.75 Å². The summed E-state index contributed by atoms with van der Waals surface area (Å²) in [5, 5.41) is 0. The lowest BCUT2D eigenvalue weighted by atomic mass is 10.1. The predicted octanol–water partition coefficient (Wildman–Crippen LogP) is 3.13. The minimum absolute atomic E-state index is 0.113. The molecule has 7 heteroatoms. The van der Waals surface area contributed by atoms with E-state index in [1.807, 2.05) is 0 Å². The van der Waals surface area contributed by atoms with Gasteiger partial charge in [0.15, 0.2) is 0 Å². The van der Waals surface area contributed by atoms with Crippen molar-refractivity contribution in [3.63, 3.8) is 0 Å². The maximum absolute atomic E-state index is 12.8. The van der Waals surface area contributed by atoms with Crippen molar-refractivity contribution in [1.82, 2.24) is 5.48 Å². The monoisotopic (exact) mass is 313 g/mol. The largest absolute Gasteiger partial charge is 0.496 e. The molecule has 0 aromatic heterocycles. The number of nitrogens with one attached hydrogen (secondary N) is 1. The Balaban J connectivity index is 3.25. The Labute approximate surface area is 105 Å². The standard InChI is InChI=1S/C10H11BrF3NO2/c1-16-9-6(5-15-17-2)3-7(11)4-8(9)10(12,13)14/h3-4,15H,5H2,1-2H3. The SMILES string of the molecule is CONCc1cc(Br)cc(C(F)(F)F)c1OC. The molecule has 1 aromatic carbocycles. The van der Waals surface area contributed by atoms with Gasteiger partial charge in [0.2, 0.25) is 0 Å². The highest BCUT2D eigenvalue weighted by Crippen LogP contribution is 2.40. The van der Waals surface area contributed by atoms with Gasteiger partial charge in [0.05, 0.1) is 19.8 Å². The third-order valence-electron chi connectivity index (χ3n) is 2.05. The molecule has 0 radical (unpaired) electrons. The summed E-state index contributed by atoms with van der Waals surface area (Å²) in [5.74, 6) is -0.203. The number of alkyl halides is 3. The molecule has 0 saturated heterocycles. The third-order valence-corrected chi connectivity index (χ3v) is 2.50. The van der Waals surface area contributed by atoms with Crippen LogP contribution in [0, 0.1) is 0 Å². The van der Waals surface area contributed by atoms with E-state index in [2.05, 4.69) is 26.2 Å². The molecule has 1 N–H and O–H groups in total. The fourth-order valence-electron chi connectivity index (χ4n) is 1.38. The van der Waals surface area contributed by atoms with E-state index in [1.54, 1.807) is 6.07 Å². The Morgan fingerprint density at radius 3 is 2.41 bits per heavy atom. The summed E-state index contributed by atoms with van der Waals surface area (Å²) >= 11 is 3.04. The van der Waals surface area contributed by atoms with Gasteiger partial charge >= 0.3 is 6.18 Å². The lowest BCUT2D eigenvalue weighted by Crippen LogP contribution is -2.15. The van der Waals surface area contributed by atoms with Gasteiger partial charge in [-0.15, -0.1) is 0 Å². The normalized spacial score (nSPS) is 11.6. The Kier molecular flexibility index (Phi) is 4.79. The van der Waals surface area contributed by atoms with Crippen molar-refractivity contribution in [2.45, 2.75) is 12.7 Å². The Morgan fingerprint density at radius 2 is 1.94 bits per heavy atom. The van der Waals surface area contributed by atoms with E-state index in [0.717, 1.165) is 6.07 Å². The molecule has 1 aromatic rings. The van der Waals surface area contributed by atoms with Gasteiger partial charge in [0.25, 0.3) is 0 Å². The van der Waals surface area contributed by atoms with Gasteiger partial charge in [-0.3, -0.25) is 0 Å². The lowest BCUT2D eigenvalue weighted by molar-refractivity contribution is -0.138. The van der Waals surface area contributed by atoms with Gasteiger partial charge in [0.1, 0.15) is 5.75 Å². The third kappa shape index (κ3) is 3.58. The molecule has 96 valence electrons. The van der Waals surface area contributed by atoms with Crippen LogP contribution in [-0.2, 0) is 17.6 Å². The number of benzene rings is 1. The summed E-state index contributed by atoms with van der Waals surface area (Å²) in [6.45, 7) is 0.113. The Morgan fingerprint density at radius 1 is 1.29 bits per heavy atom. The van der Waals surface area contributed by atoms with Crippen LogP contribution in [0.25, 0.3) is 0 Å². The summed E-state index contributed by atoms with van der Waals surface area (Å²) in [6, 6.07) is 2.52. The zero-order valence-corrected chi connectivity index (χ0v) is 10.8. The Hall–Kier alpha value is -0.790. The van der Waals surface area contributed by atoms with E-state index in [1.165, 1.54) is 14.2 Å². The number of halogens is 4. The van der Waals surface area contributed by atoms with Crippen LogP contribution in [0.3, 0.4) is 0 Å². The predicted molar refractivity (Wildman–Crippen MR) is 59.5 cm³/mol. The number of rotatable bonds is 4. The summed E-state index contributed by atoms with van der Waals surface area (Å²) < 4.78 is 43.4. The molecule has 1 rings (SSSR count). The zero-order valence-electron chi connectivity index (χ0n) is 9.19. The quantitative estimate of drug-likeness (QED) is 0.866. The summed E-state index contributed by atoms with van der Waals surface area (Å²) in [7, 11) is 2.59. The first-order chi connectivity index (χ1) is 7.90. The van der Waals surface area contributed by atoms with Crippen LogP contribution in [0.2, 0.25) is 0 Å². The first-order valence-corrected chi connectivity index (χ1v) is 5.39. The molecular formula is C10H11BrF3NO2. The molecule has 0 heterocycles. The number of methoxy groups -OCH3 is 1. The maximum Gasteiger partial charge on any atom is 0.420 e. The topological polar surface area (TPSA) is 30.5 Å². The van der Waals surface area contributed by atoms with Crippen molar-refractivity contribution >= 4 is 15.9 Å². The smallest absolute Gasteiger partial charge is 0.420 e. The second kappa shape index (κ2) is 5.70. The van der Waals surface area contributed by atoms with E-state index in [9.17, 15) is 13.2 Å². The van der Waals surface area contributed by atoms with Gasteiger partial charge in [-0.2, -0.15) is 18.7 Å². The highest BCUT2D eigenvalue weighted by Gasteiger charge is 2.35. The van der Waals surface area contributed by atoms with E-state index in [-0.39, 0.29) is 12.3 Å². The van der Waals surface area contributed by atoms with E-state index in [0.29, 0.717) is 10.0 Å². The molecular weight excluding hydrogens is 303 g/mol. The second-order valence-electron chi connectivity index (χ2n) is 3.17. The van der Waals surface area contributed by atoms with Crippen molar-refractivity contribution in [1.29, 1.82) is 0 Å². The average molecular weight is 314 g/mol.